The number of rotatable bonds is 7. The molecule has 1 unspecified atom stereocenters. The standard InChI is InChI=1S/C36H41N3O4/c1-9-10-27-19(3)28-16-29-20(4)36(23(7)41)33(39-29)17-30-21(5)35(22(6)40)32(38-30)14-24-13-25(15-31(27)37-28)26(18(24)2)11-12-34(42)43-8/h14,16-17,31,38H,9-13,15H2,1-8H3/b29-16?,30-17?,32-14-. The molecule has 0 saturated carbocycles. The molecule has 43 heavy (non-hydrogen) atoms. The molecular weight excluding hydrogens is 538 g/mol. The van der Waals surface area contributed by atoms with Crippen molar-refractivity contribution in [3.05, 3.63) is 78.2 Å². The summed E-state index contributed by atoms with van der Waals surface area (Å²) in [6, 6.07) is -0.00456. The number of aromatic nitrogens is 1. The maximum absolute atomic E-state index is 12.9. The smallest absolute Gasteiger partial charge is 0.305 e. The van der Waals surface area contributed by atoms with Gasteiger partial charge < -0.3 is 9.72 Å². The third kappa shape index (κ3) is 5.53. The second-order valence-electron chi connectivity index (χ2n) is 12.0. The largest absolute Gasteiger partial charge is 0.469 e. The molecule has 4 heterocycles. The van der Waals surface area contributed by atoms with Crippen molar-refractivity contribution in [2.75, 3.05) is 7.11 Å². The third-order valence-electron chi connectivity index (χ3n) is 9.24. The van der Waals surface area contributed by atoms with E-state index in [0.29, 0.717) is 29.7 Å². The molecule has 7 nitrogen and oxygen atoms in total. The third-order valence-corrected chi connectivity index (χ3v) is 9.24. The zero-order valence-corrected chi connectivity index (χ0v) is 26.6. The van der Waals surface area contributed by atoms with Gasteiger partial charge in [0.05, 0.1) is 30.3 Å². The summed E-state index contributed by atoms with van der Waals surface area (Å²) in [6.07, 6.45) is 10.4. The highest BCUT2D eigenvalue weighted by Crippen LogP contribution is 2.41. The van der Waals surface area contributed by atoms with Gasteiger partial charge in [-0.15, -0.1) is 0 Å². The van der Waals surface area contributed by atoms with Crippen LogP contribution in [-0.4, -0.2) is 47.1 Å². The fourth-order valence-corrected chi connectivity index (χ4v) is 6.97. The van der Waals surface area contributed by atoms with E-state index in [-0.39, 0.29) is 23.6 Å². The topological polar surface area (TPSA) is 101 Å². The molecule has 1 aromatic heterocycles. The first-order valence-electron chi connectivity index (χ1n) is 15.2. The van der Waals surface area contributed by atoms with Crippen molar-refractivity contribution in [2.45, 2.75) is 93.0 Å². The summed E-state index contributed by atoms with van der Waals surface area (Å²) < 4.78 is 4.97. The Hall–Kier alpha value is -4.13. The first kappa shape index (κ1) is 30.3. The molecule has 7 heteroatoms. The van der Waals surface area contributed by atoms with E-state index in [1.807, 2.05) is 26.0 Å². The van der Waals surface area contributed by atoms with Gasteiger partial charge in [0.25, 0.3) is 0 Å². The van der Waals surface area contributed by atoms with E-state index in [1.54, 1.807) is 13.8 Å². The van der Waals surface area contributed by atoms with Crippen LogP contribution in [0.3, 0.4) is 0 Å². The van der Waals surface area contributed by atoms with Gasteiger partial charge in [0.1, 0.15) is 0 Å². The van der Waals surface area contributed by atoms with Crippen LogP contribution < -0.4 is 10.7 Å². The lowest BCUT2D eigenvalue weighted by molar-refractivity contribution is -0.140. The minimum Gasteiger partial charge on any atom is -0.469 e. The fraction of sp³-hybridized carbons (Fsp3) is 0.417. The van der Waals surface area contributed by atoms with Crippen LogP contribution in [0, 0.1) is 6.92 Å². The molecule has 1 N–H and O–H groups in total. The molecule has 0 aromatic carbocycles. The number of methoxy groups -OCH3 is 1. The Balaban J connectivity index is 1.79. The van der Waals surface area contributed by atoms with Gasteiger partial charge in [0, 0.05) is 28.3 Å². The van der Waals surface area contributed by atoms with Crippen LogP contribution in [-0.2, 0) is 14.3 Å². The number of hydrogen-bond acceptors (Lipinski definition) is 6. The number of carbonyl (C=O) groups excluding carboxylic acids is 3. The molecule has 4 aliphatic rings. The van der Waals surface area contributed by atoms with Crippen molar-refractivity contribution >= 4 is 41.1 Å². The van der Waals surface area contributed by atoms with Crippen molar-refractivity contribution in [2.24, 2.45) is 9.98 Å². The summed E-state index contributed by atoms with van der Waals surface area (Å²) in [5, 5.41) is 1.50. The number of carbonyl (C=O) groups is 3. The number of nitrogens with zero attached hydrogens (tertiary/aromatic N) is 2. The zero-order chi connectivity index (χ0) is 31.2. The molecular formula is C36H41N3O4. The summed E-state index contributed by atoms with van der Waals surface area (Å²) in [5.74, 6) is -0.307. The van der Waals surface area contributed by atoms with Crippen LogP contribution in [0.4, 0.5) is 0 Å². The number of aromatic amines is 1. The lowest BCUT2D eigenvalue weighted by Crippen LogP contribution is -2.16. The Labute approximate surface area is 253 Å². The first-order valence-corrected chi connectivity index (χ1v) is 15.2. The maximum Gasteiger partial charge on any atom is 0.305 e. The lowest BCUT2D eigenvalue weighted by Gasteiger charge is -2.16. The number of fused-ring (bicyclic) bond motifs is 6. The van der Waals surface area contributed by atoms with Gasteiger partial charge in [-0.3, -0.25) is 19.4 Å². The number of hydrogen-bond donors (Lipinski definition) is 1. The Morgan fingerprint density at radius 3 is 2.33 bits per heavy atom. The molecule has 0 fully saturated rings. The van der Waals surface area contributed by atoms with Crippen molar-refractivity contribution in [3.8, 4) is 0 Å². The maximum atomic E-state index is 12.9. The average Bonchev–Trinajstić information content (AvgIpc) is 3.61. The predicted octanol–water partition coefficient (Wildman–Crippen LogP) is 5.64. The highest BCUT2D eigenvalue weighted by Gasteiger charge is 2.31. The highest BCUT2D eigenvalue weighted by atomic mass is 16.5. The van der Waals surface area contributed by atoms with E-state index in [4.69, 9.17) is 14.7 Å². The van der Waals surface area contributed by atoms with E-state index in [9.17, 15) is 14.4 Å². The molecule has 224 valence electrons. The van der Waals surface area contributed by atoms with E-state index in [0.717, 1.165) is 70.1 Å². The molecule has 1 aliphatic carbocycles. The number of nitrogens with one attached hydrogen (secondary N) is 1. The Kier molecular flexibility index (Phi) is 8.37. The molecule has 1 aromatic rings. The number of H-pyrrole nitrogens is 1. The van der Waals surface area contributed by atoms with Crippen LogP contribution in [0.5, 0.6) is 0 Å². The van der Waals surface area contributed by atoms with Gasteiger partial charge in [-0.2, -0.15) is 0 Å². The fourth-order valence-electron chi connectivity index (χ4n) is 6.97. The SMILES string of the molecule is CCCC1=C(C)C2=NC1CC1=C(CCC(=O)OC)C(C)=C(/C=c3\[nH]c(c(C)c3C(C)=O)=CC3=NC(=C2)C(C)=C3C(C)=O)C1. The number of allylic oxidation sites excluding steroid dienone is 7. The van der Waals surface area contributed by atoms with Gasteiger partial charge in [-0.05, 0) is 124 Å². The average molecular weight is 580 g/mol. The van der Waals surface area contributed by atoms with Gasteiger partial charge in [0.2, 0.25) is 0 Å². The number of aliphatic imine (C=N–C) groups is 2. The summed E-state index contributed by atoms with van der Waals surface area (Å²) >= 11 is 0. The quantitative estimate of drug-likeness (QED) is 0.334. The van der Waals surface area contributed by atoms with E-state index in [2.05, 4.69) is 31.8 Å². The van der Waals surface area contributed by atoms with Gasteiger partial charge in [0.15, 0.2) is 11.6 Å². The van der Waals surface area contributed by atoms with Crippen molar-refractivity contribution in [1.82, 2.24) is 4.98 Å². The van der Waals surface area contributed by atoms with Crippen LogP contribution in [0.1, 0.15) is 96.0 Å². The number of ether oxygens (including phenoxy) is 1. The molecule has 0 radical (unpaired) electrons. The Bertz CT molecular complexity index is 1810. The van der Waals surface area contributed by atoms with E-state index < -0.39 is 0 Å². The van der Waals surface area contributed by atoms with Gasteiger partial charge >= 0.3 is 5.97 Å². The monoisotopic (exact) mass is 579 g/mol. The van der Waals surface area contributed by atoms with Gasteiger partial charge in [-0.1, -0.05) is 18.9 Å². The molecule has 0 spiro atoms. The Morgan fingerprint density at radius 2 is 1.67 bits per heavy atom. The number of ketones is 2. The summed E-state index contributed by atoms with van der Waals surface area (Å²) in [5.41, 5.74) is 12.3. The summed E-state index contributed by atoms with van der Waals surface area (Å²) in [6.45, 7) is 13.5. The molecule has 8 bridgehead atoms. The van der Waals surface area contributed by atoms with Gasteiger partial charge in [-0.25, -0.2) is 4.99 Å². The first-order chi connectivity index (χ1) is 20.4. The molecule has 1 atom stereocenters. The second-order valence-corrected chi connectivity index (χ2v) is 12.0. The Morgan fingerprint density at radius 1 is 0.930 bits per heavy atom. The van der Waals surface area contributed by atoms with Crippen LogP contribution in [0.2, 0.25) is 0 Å². The van der Waals surface area contributed by atoms with Crippen molar-refractivity contribution < 1.29 is 19.1 Å². The summed E-state index contributed by atoms with van der Waals surface area (Å²) in [4.78, 5) is 51.6. The van der Waals surface area contributed by atoms with Crippen LogP contribution in [0.15, 0.2) is 66.3 Å². The second kappa shape index (κ2) is 11.9. The minimum absolute atomic E-state index is 0.00456. The molecule has 3 aliphatic heterocycles. The van der Waals surface area contributed by atoms with Crippen LogP contribution >= 0.6 is 0 Å². The summed E-state index contributed by atoms with van der Waals surface area (Å²) in [7, 11) is 1.42. The predicted molar refractivity (Wildman–Crippen MR) is 172 cm³/mol. The molecule has 5 rings (SSSR count). The number of Topliss-reactive ketones (excluding diaryl/α,β-unsaturated/α-hetero) is 2. The zero-order valence-electron chi connectivity index (χ0n) is 26.6. The molecule has 0 amide bonds. The highest BCUT2D eigenvalue weighted by molar-refractivity contribution is 6.35. The van der Waals surface area contributed by atoms with Crippen LogP contribution in [0.25, 0.3) is 12.2 Å². The van der Waals surface area contributed by atoms with Crippen molar-refractivity contribution in [1.29, 1.82) is 0 Å². The lowest BCUT2D eigenvalue weighted by atomic mass is 9.91. The van der Waals surface area contributed by atoms with E-state index in [1.165, 1.54) is 29.4 Å². The normalized spacial score (nSPS) is 20.6. The molecule has 0 saturated heterocycles. The van der Waals surface area contributed by atoms with Crippen molar-refractivity contribution in [3.63, 3.8) is 0 Å². The van der Waals surface area contributed by atoms with E-state index >= 15 is 0 Å². The number of esters is 1. The minimum atomic E-state index is -0.227.